The smallest absolute Gasteiger partial charge is 0.307 e. The van der Waals surface area contributed by atoms with Gasteiger partial charge in [0.05, 0.1) is 32.2 Å². The number of aromatic hydroxyl groups is 1. The van der Waals surface area contributed by atoms with Crippen molar-refractivity contribution < 1.29 is 19.3 Å². The minimum Gasteiger partial charge on any atom is -0.503 e. The zero-order chi connectivity index (χ0) is 17.1. The van der Waals surface area contributed by atoms with Crippen LogP contribution in [0.2, 0.25) is 0 Å². The molecule has 1 aromatic heterocycles. The number of nitrogens with one attached hydrogen (secondary N) is 1. The first-order valence-electron chi connectivity index (χ1n) is 7.20. The molecule has 1 unspecified atom stereocenters. The van der Waals surface area contributed by atoms with Crippen molar-refractivity contribution in [2.24, 2.45) is 0 Å². The molecule has 1 atom stereocenters. The Labute approximate surface area is 137 Å². The van der Waals surface area contributed by atoms with Gasteiger partial charge in [0.1, 0.15) is 12.0 Å². The van der Waals surface area contributed by atoms with Crippen LogP contribution < -0.4 is 19.8 Å². The third-order valence-corrected chi connectivity index (χ3v) is 5.70. The number of aromatic nitrogens is 1. The fourth-order valence-electron chi connectivity index (χ4n) is 2.60. The molecule has 1 aromatic carbocycles. The molecule has 2 rings (SSSR count). The van der Waals surface area contributed by atoms with E-state index in [9.17, 15) is 9.90 Å². The molecule has 0 aliphatic heterocycles. The van der Waals surface area contributed by atoms with Crippen LogP contribution in [0.15, 0.2) is 15.8 Å². The van der Waals surface area contributed by atoms with Crippen LogP contribution in [0.3, 0.4) is 0 Å². The van der Waals surface area contributed by atoms with Gasteiger partial charge in [0.25, 0.3) is 4.90 Å². The fourth-order valence-corrected chi connectivity index (χ4v) is 4.22. The van der Waals surface area contributed by atoms with Gasteiger partial charge in [0.15, 0.2) is 17.2 Å². The van der Waals surface area contributed by atoms with E-state index < -0.39 is 0 Å². The second kappa shape index (κ2) is 7.04. The van der Waals surface area contributed by atoms with Crippen LogP contribution in [-0.4, -0.2) is 43.4 Å². The maximum absolute atomic E-state index is 12.5. The van der Waals surface area contributed by atoms with E-state index in [1.807, 2.05) is 13.2 Å². The summed E-state index contributed by atoms with van der Waals surface area (Å²) in [4.78, 5) is 15.7. The summed E-state index contributed by atoms with van der Waals surface area (Å²) >= 11 is 0. The van der Waals surface area contributed by atoms with Crippen molar-refractivity contribution in [3.05, 3.63) is 16.4 Å². The van der Waals surface area contributed by atoms with Crippen LogP contribution in [0.25, 0.3) is 10.9 Å². The van der Waals surface area contributed by atoms with Crippen molar-refractivity contribution in [2.45, 2.75) is 18.2 Å². The number of fused-ring (bicyclic) bond motifs is 1. The lowest BCUT2D eigenvalue weighted by atomic mass is 10.1. The highest BCUT2D eigenvalue weighted by atomic mass is 32.2. The molecule has 23 heavy (non-hydrogen) atoms. The number of rotatable bonds is 6. The minimum absolute atomic E-state index is 0.0257. The molecule has 0 saturated heterocycles. The molecule has 2 aromatic rings. The molecule has 0 amide bonds. The molecule has 126 valence electrons. The molecule has 7 heteroatoms. The maximum atomic E-state index is 12.5. The Hall–Kier alpha value is -2.02. The zero-order valence-corrected chi connectivity index (χ0v) is 14.8. The molecule has 0 bridgehead atoms. The first kappa shape index (κ1) is 17.3. The van der Waals surface area contributed by atoms with Gasteiger partial charge in [-0.1, -0.05) is 6.92 Å². The highest BCUT2D eigenvalue weighted by molar-refractivity contribution is 7.96. The van der Waals surface area contributed by atoms with Crippen LogP contribution in [-0.2, 0) is 10.9 Å². The van der Waals surface area contributed by atoms with Gasteiger partial charge in [-0.05, 0) is 12.5 Å². The summed E-state index contributed by atoms with van der Waals surface area (Å²) in [7, 11) is 4.13. The molecule has 0 radical (unpaired) electrons. The lowest BCUT2D eigenvalue weighted by Crippen LogP contribution is -2.19. The molecule has 0 aliphatic carbocycles. The maximum Gasteiger partial charge on any atom is 0.307 e. The standard InChI is InChI=1S/C16H21NO5S/c1-6-7-23(5)15-12(18)9-8-10(20-2)13(21-3)14(22-4)11(9)17-16(15)19/h8H,6-7H2,1-5H3,(H-,17,18,19)/p+1. The summed E-state index contributed by atoms with van der Waals surface area (Å²) < 4.78 is 16.0. The van der Waals surface area contributed by atoms with E-state index in [1.54, 1.807) is 6.07 Å². The second-order valence-electron chi connectivity index (χ2n) is 5.04. The number of benzene rings is 1. The van der Waals surface area contributed by atoms with Crippen LogP contribution >= 0.6 is 0 Å². The number of ether oxygens (including phenoxy) is 3. The van der Waals surface area contributed by atoms with E-state index in [2.05, 4.69) is 4.98 Å². The fraction of sp³-hybridized carbons (Fsp3) is 0.438. The molecule has 1 heterocycles. The first-order chi connectivity index (χ1) is 11.0. The van der Waals surface area contributed by atoms with Crippen molar-refractivity contribution in [3.63, 3.8) is 0 Å². The van der Waals surface area contributed by atoms with Crippen LogP contribution in [0.5, 0.6) is 23.0 Å². The topological polar surface area (TPSA) is 80.8 Å². The Morgan fingerprint density at radius 3 is 2.35 bits per heavy atom. The zero-order valence-electron chi connectivity index (χ0n) is 14.0. The first-order valence-corrected chi connectivity index (χ1v) is 9.00. The normalized spacial score (nSPS) is 12.2. The summed E-state index contributed by atoms with van der Waals surface area (Å²) in [6, 6.07) is 1.65. The van der Waals surface area contributed by atoms with Gasteiger partial charge in [-0.15, -0.1) is 0 Å². The summed E-state index contributed by atoms with van der Waals surface area (Å²) in [6.45, 7) is 2.05. The average Bonchev–Trinajstić information content (AvgIpc) is 2.53. The molecular formula is C16H22NO5S+. The molecule has 2 N–H and O–H groups in total. The number of aromatic amines is 1. The van der Waals surface area contributed by atoms with Crippen molar-refractivity contribution in [1.82, 2.24) is 4.98 Å². The van der Waals surface area contributed by atoms with Crippen molar-refractivity contribution in [3.8, 4) is 23.0 Å². The number of methoxy groups -OCH3 is 3. The minimum atomic E-state index is -0.343. The molecule has 0 aliphatic rings. The quantitative estimate of drug-likeness (QED) is 0.789. The number of hydrogen-bond donors (Lipinski definition) is 2. The number of H-pyrrole nitrogens is 1. The van der Waals surface area contributed by atoms with E-state index in [4.69, 9.17) is 14.2 Å². The van der Waals surface area contributed by atoms with E-state index in [1.165, 1.54) is 21.3 Å². The average molecular weight is 340 g/mol. The largest absolute Gasteiger partial charge is 0.503 e. The summed E-state index contributed by atoms with van der Waals surface area (Å²) in [5.41, 5.74) is 0.0877. The Morgan fingerprint density at radius 2 is 1.83 bits per heavy atom. The lowest BCUT2D eigenvalue weighted by Gasteiger charge is -2.15. The van der Waals surface area contributed by atoms with Gasteiger partial charge in [0.2, 0.25) is 5.75 Å². The van der Waals surface area contributed by atoms with Gasteiger partial charge in [-0.25, -0.2) is 0 Å². The van der Waals surface area contributed by atoms with E-state index in [0.29, 0.717) is 33.0 Å². The SMILES string of the molecule is CCC[S+](C)c1c(O)c2cc(OC)c(OC)c(OC)c2[nH]c1=O. The van der Waals surface area contributed by atoms with E-state index >= 15 is 0 Å². The van der Waals surface area contributed by atoms with Crippen LogP contribution in [0, 0.1) is 0 Å². The van der Waals surface area contributed by atoms with Crippen molar-refractivity contribution >= 4 is 21.8 Å². The molecular weight excluding hydrogens is 318 g/mol. The second-order valence-corrected chi connectivity index (χ2v) is 7.13. The molecule has 0 fully saturated rings. The molecule has 0 saturated carbocycles. The third-order valence-electron chi connectivity index (χ3n) is 3.60. The number of hydrogen-bond acceptors (Lipinski definition) is 5. The molecule has 6 nitrogen and oxygen atoms in total. The van der Waals surface area contributed by atoms with Crippen LogP contribution in [0.1, 0.15) is 13.3 Å². The van der Waals surface area contributed by atoms with E-state index in [0.717, 1.165) is 12.2 Å². The highest BCUT2D eigenvalue weighted by Gasteiger charge is 2.29. The summed E-state index contributed by atoms with van der Waals surface area (Å²) in [6.07, 6.45) is 2.89. The van der Waals surface area contributed by atoms with Gasteiger partial charge < -0.3 is 24.3 Å². The van der Waals surface area contributed by atoms with Crippen LogP contribution in [0.4, 0.5) is 0 Å². The van der Waals surface area contributed by atoms with Crippen molar-refractivity contribution in [2.75, 3.05) is 33.3 Å². The summed E-state index contributed by atoms with van der Waals surface area (Å²) in [5, 5.41) is 11.1. The Bertz CT molecular complexity index is 771. The van der Waals surface area contributed by atoms with Gasteiger partial charge in [-0.2, -0.15) is 0 Å². The van der Waals surface area contributed by atoms with E-state index in [-0.39, 0.29) is 22.2 Å². The highest BCUT2D eigenvalue weighted by Crippen LogP contribution is 2.45. The van der Waals surface area contributed by atoms with Gasteiger partial charge in [0, 0.05) is 10.9 Å². The monoisotopic (exact) mass is 340 g/mol. The predicted molar refractivity (Wildman–Crippen MR) is 92.6 cm³/mol. The van der Waals surface area contributed by atoms with Gasteiger partial charge >= 0.3 is 5.56 Å². The van der Waals surface area contributed by atoms with Gasteiger partial charge in [-0.3, -0.25) is 4.79 Å². The Morgan fingerprint density at radius 1 is 1.17 bits per heavy atom. The van der Waals surface area contributed by atoms with Crippen molar-refractivity contribution in [1.29, 1.82) is 0 Å². The Balaban J connectivity index is 2.87. The predicted octanol–water partition coefficient (Wildman–Crippen LogP) is 2.28. The lowest BCUT2D eigenvalue weighted by molar-refractivity contribution is 0.326. The third kappa shape index (κ3) is 2.93. The summed E-state index contributed by atoms with van der Waals surface area (Å²) in [5.74, 6) is 1.94. The molecule has 0 spiro atoms. The number of pyridine rings is 1. The Kier molecular flexibility index (Phi) is 5.30.